The third-order valence-electron chi connectivity index (χ3n) is 3.73. The van der Waals surface area contributed by atoms with Gasteiger partial charge in [0, 0.05) is 18.3 Å². The zero-order chi connectivity index (χ0) is 12.8. The zero-order valence-electron chi connectivity index (χ0n) is 11.1. The van der Waals surface area contributed by atoms with Crippen LogP contribution in [0.5, 0.6) is 0 Å². The van der Waals surface area contributed by atoms with Crippen molar-refractivity contribution in [2.45, 2.75) is 51.6 Å². The first kappa shape index (κ1) is 13.3. The minimum atomic E-state index is -0.0694. The molecule has 0 spiro atoms. The first-order valence-corrected chi connectivity index (χ1v) is 6.96. The van der Waals surface area contributed by atoms with Gasteiger partial charge in [-0.2, -0.15) is 0 Å². The molecule has 1 fully saturated rings. The van der Waals surface area contributed by atoms with E-state index in [4.69, 9.17) is 0 Å². The van der Waals surface area contributed by atoms with Crippen LogP contribution in [0, 0.1) is 12.8 Å². The van der Waals surface area contributed by atoms with E-state index >= 15 is 0 Å². The Hall–Kier alpha value is -1.16. The predicted molar refractivity (Wildman–Crippen MR) is 72.5 cm³/mol. The molecule has 4 heteroatoms. The molecule has 1 heterocycles. The highest BCUT2D eigenvalue weighted by Gasteiger charge is 2.22. The SMILES string of the molecule is Cc1cc(NCCCC2CCCCC2O)ncn1. The normalized spacial score (nSPS) is 23.9. The lowest BCUT2D eigenvalue weighted by molar-refractivity contribution is 0.0648. The second-order valence-electron chi connectivity index (χ2n) is 5.23. The predicted octanol–water partition coefficient (Wildman–Crippen LogP) is 2.53. The first-order valence-electron chi connectivity index (χ1n) is 6.96. The van der Waals surface area contributed by atoms with Crippen molar-refractivity contribution in [1.29, 1.82) is 0 Å². The van der Waals surface area contributed by atoms with Crippen LogP contribution in [-0.4, -0.2) is 27.7 Å². The molecule has 18 heavy (non-hydrogen) atoms. The topological polar surface area (TPSA) is 58.0 Å². The van der Waals surface area contributed by atoms with Crippen molar-refractivity contribution in [1.82, 2.24) is 9.97 Å². The maximum Gasteiger partial charge on any atom is 0.129 e. The minimum absolute atomic E-state index is 0.0694. The number of nitrogens with zero attached hydrogens (tertiary/aromatic N) is 2. The average Bonchev–Trinajstić information content (AvgIpc) is 2.37. The molecule has 0 saturated heterocycles. The van der Waals surface area contributed by atoms with Gasteiger partial charge in [0.2, 0.25) is 0 Å². The molecule has 2 N–H and O–H groups in total. The quantitative estimate of drug-likeness (QED) is 0.787. The van der Waals surface area contributed by atoms with E-state index in [2.05, 4.69) is 15.3 Å². The Bertz CT molecular complexity index is 370. The van der Waals surface area contributed by atoms with E-state index in [9.17, 15) is 5.11 Å². The molecule has 1 saturated carbocycles. The van der Waals surface area contributed by atoms with Gasteiger partial charge in [0.25, 0.3) is 0 Å². The number of aromatic nitrogens is 2. The number of aliphatic hydroxyl groups is 1. The Balaban J connectivity index is 1.66. The van der Waals surface area contributed by atoms with Crippen molar-refractivity contribution in [2.75, 3.05) is 11.9 Å². The Morgan fingerprint density at radius 3 is 2.94 bits per heavy atom. The van der Waals surface area contributed by atoms with Gasteiger partial charge in [0.1, 0.15) is 12.1 Å². The van der Waals surface area contributed by atoms with Gasteiger partial charge in [-0.15, -0.1) is 0 Å². The van der Waals surface area contributed by atoms with Gasteiger partial charge in [0.05, 0.1) is 6.10 Å². The molecule has 1 aromatic heterocycles. The fourth-order valence-electron chi connectivity index (χ4n) is 2.66. The van der Waals surface area contributed by atoms with Gasteiger partial charge in [0.15, 0.2) is 0 Å². The molecule has 100 valence electrons. The summed E-state index contributed by atoms with van der Waals surface area (Å²) in [4.78, 5) is 8.23. The Labute approximate surface area is 109 Å². The Kier molecular flexibility index (Phi) is 4.93. The summed E-state index contributed by atoms with van der Waals surface area (Å²) in [6, 6.07) is 1.95. The number of aryl methyl sites for hydroxylation is 1. The molecule has 4 nitrogen and oxygen atoms in total. The standard InChI is InChI=1S/C14H23N3O/c1-11-9-14(17-10-16-11)15-8-4-6-12-5-2-3-7-13(12)18/h9-10,12-13,18H,2-8H2,1H3,(H,15,16,17). The molecule has 2 atom stereocenters. The third kappa shape index (κ3) is 3.95. The molecule has 0 bridgehead atoms. The van der Waals surface area contributed by atoms with Crippen molar-refractivity contribution in [2.24, 2.45) is 5.92 Å². The number of hydrogen-bond donors (Lipinski definition) is 2. The van der Waals surface area contributed by atoms with E-state index < -0.39 is 0 Å². The van der Waals surface area contributed by atoms with Gasteiger partial charge in [-0.05, 0) is 38.5 Å². The molecule has 1 aliphatic rings. The Morgan fingerprint density at radius 1 is 1.33 bits per heavy atom. The van der Waals surface area contributed by atoms with Crippen molar-refractivity contribution in [3.8, 4) is 0 Å². The van der Waals surface area contributed by atoms with Crippen LogP contribution in [0.25, 0.3) is 0 Å². The van der Waals surface area contributed by atoms with Gasteiger partial charge >= 0.3 is 0 Å². The van der Waals surface area contributed by atoms with E-state index in [0.717, 1.165) is 37.3 Å². The average molecular weight is 249 g/mol. The van der Waals surface area contributed by atoms with Crippen LogP contribution in [0.15, 0.2) is 12.4 Å². The zero-order valence-corrected chi connectivity index (χ0v) is 11.1. The van der Waals surface area contributed by atoms with E-state index in [-0.39, 0.29) is 6.10 Å². The third-order valence-corrected chi connectivity index (χ3v) is 3.73. The van der Waals surface area contributed by atoms with Crippen LogP contribution in [0.3, 0.4) is 0 Å². The molecule has 2 rings (SSSR count). The van der Waals surface area contributed by atoms with Gasteiger partial charge in [-0.3, -0.25) is 0 Å². The molecule has 1 aromatic rings. The lowest BCUT2D eigenvalue weighted by Crippen LogP contribution is -2.24. The summed E-state index contributed by atoms with van der Waals surface area (Å²) in [5.74, 6) is 1.40. The molecule has 0 amide bonds. The van der Waals surface area contributed by atoms with Gasteiger partial charge in [-0.1, -0.05) is 12.8 Å². The summed E-state index contributed by atoms with van der Waals surface area (Å²) < 4.78 is 0. The molecular weight excluding hydrogens is 226 g/mol. The van der Waals surface area contributed by atoms with Gasteiger partial charge in [-0.25, -0.2) is 9.97 Å². The highest BCUT2D eigenvalue weighted by atomic mass is 16.3. The van der Waals surface area contributed by atoms with Crippen molar-refractivity contribution >= 4 is 5.82 Å². The summed E-state index contributed by atoms with van der Waals surface area (Å²) in [6.45, 7) is 2.88. The highest BCUT2D eigenvalue weighted by molar-refractivity contribution is 5.33. The molecule has 0 aromatic carbocycles. The van der Waals surface area contributed by atoms with E-state index in [0.29, 0.717) is 5.92 Å². The van der Waals surface area contributed by atoms with Crippen LogP contribution in [-0.2, 0) is 0 Å². The van der Waals surface area contributed by atoms with Crippen LogP contribution in [0.1, 0.15) is 44.2 Å². The number of aliphatic hydroxyl groups excluding tert-OH is 1. The second kappa shape index (κ2) is 6.69. The summed E-state index contributed by atoms with van der Waals surface area (Å²) in [7, 11) is 0. The number of hydrogen-bond acceptors (Lipinski definition) is 4. The lowest BCUT2D eigenvalue weighted by atomic mass is 9.83. The smallest absolute Gasteiger partial charge is 0.129 e. The highest BCUT2D eigenvalue weighted by Crippen LogP contribution is 2.27. The molecular formula is C14H23N3O. The largest absolute Gasteiger partial charge is 0.393 e. The van der Waals surface area contributed by atoms with Crippen molar-refractivity contribution in [3.05, 3.63) is 18.1 Å². The van der Waals surface area contributed by atoms with Crippen molar-refractivity contribution < 1.29 is 5.11 Å². The maximum atomic E-state index is 9.88. The van der Waals surface area contributed by atoms with E-state index in [1.54, 1.807) is 6.33 Å². The number of rotatable bonds is 5. The maximum absolute atomic E-state index is 9.88. The summed E-state index contributed by atoms with van der Waals surface area (Å²) >= 11 is 0. The monoisotopic (exact) mass is 249 g/mol. The number of anilines is 1. The van der Waals surface area contributed by atoms with Crippen LogP contribution in [0.2, 0.25) is 0 Å². The van der Waals surface area contributed by atoms with Gasteiger partial charge < -0.3 is 10.4 Å². The van der Waals surface area contributed by atoms with E-state index in [1.807, 2.05) is 13.0 Å². The summed E-state index contributed by atoms with van der Waals surface area (Å²) in [6.07, 6.45) is 8.36. The van der Waals surface area contributed by atoms with E-state index in [1.165, 1.54) is 19.3 Å². The molecule has 2 unspecified atom stereocenters. The van der Waals surface area contributed by atoms with Crippen LogP contribution in [0.4, 0.5) is 5.82 Å². The van der Waals surface area contributed by atoms with Crippen molar-refractivity contribution in [3.63, 3.8) is 0 Å². The summed E-state index contributed by atoms with van der Waals surface area (Å²) in [5.41, 5.74) is 0.982. The number of nitrogens with one attached hydrogen (secondary N) is 1. The lowest BCUT2D eigenvalue weighted by Gasteiger charge is -2.27. The molecule has 1 aliphatic carbocycles. The Morgan fingerprint density at radius 2 is 2.17 bits per heavy atom. The molecule has 0 radical (unpaired) electrons. The first-order chi connectivity index (χ1) is 8.75. The fraction of sp³-hybridized carbons (Fsp3) is 0.714. The fourth-order valence-corrected chi connectivity index (χ4v) is 2.66. The second-order valence-corrected chi connectivity index (χ2v) is 5.23. The minimum Gasteiger partial charge on any atom is -0.393 e. The summed E-state index contributed by atoms with van der Waals surface area (Å²) in [5, 5.41) is 13.2. The van der Waals surface area contributed by atoms with Crippen LogP contribution >= 0.6 is 0 Å². The van der Waals surface area contributed by atoms with Crippen LogP contribution < -0.4 is 5.32 Å². The molecule has 0 aliphatic heterocycles.